The van der Waals surface area contributed by atoms with Crippen molar-refractivity contribution in [2.75, 3.05) is 19.6 Å². The highest BCUT2D eigenvalue weighted by molar-refractivity contribution is 7.89. The lowest BCUT2D eigenvalue weighted by Crippen LogP contribution is -2.48. The number of carboxylic acids is 1. The third-order valence-electron chi connectivity index (χ3n) is 5.90. The zero-order valence-electron chi connectivity index (χ0n) is 20.6. The fraction of sp³-hybridized carbons (Fsp3) is 0.333. The lowest BCUT2D eigenvalue weighted by atomic mass is 10.1. The first-order valence-electron chi connectivity index (χ1n) is 12.1. The van der Waals surface area contributed by atoms with Crippen molar-refractivity contribution in [2.24, 2.45) is 4.99 Å². The van der Waals surface area contributed by atoms with E-state index in [9.17, 15) is 23.1 Å². The number of nitrogens with zero attached hydrogens (tertiary/aromatic N) is 3. The number of aromatic nitrogens is 2. The fourth-order valence-electron chi connectivity index (χ4n) is 3.98. The Morgan fingerprint density at radius 2 is 1.97 bits per heavy atom. The van der Waals surface area contributed by atoms with Crippen LogP contribution in [-0.4, -0.2) is 73.4 Å². The second-order valence-electron chi connectivity index (χ2n) is 8.70. The zero-order chi connectivity index (χ0) is 28.0. The van der Waals surface area contributed by atoms with E-state index >= 15 is 0 Å². The number of halogens is 2. The summed E-state index contributed by atoms with van der Waals surface area (Å²) in [6, 6.07) is 7.42. The van der Waals surface area contributed by atoms with Crippen LogP contribution in [0.4, 0.5) is 0 Å². The first-order valence-corrected chi connectivity index (χ1v) is 14.3. The second-order valence-corrected chi connectivity index (χ2v) is 11.2. The van der Waals surface area contributed by atoms with Gasteiger partial charge in [0, 0.05) is 43.3 Å². The Bertz CT molecular complexity index is 1480. The minimum atomic E-state index is -4.39. The molecule has 4 rings (SSSR count). The molecule has 0 spiro atoms. The standard InChI is InChI=1S/C24H27Cl2N7O5S/c25-17-4-1-5-18(26)21(17)39(37,38)32-19(23(35)36)14-30-22(34)15-6-7-20-16(12-15)13-31-33(20)11-3-10-29-24-27-8-2-9-28-24/h1,4-8,12-13,19,24,28-29,32H,2-3,9-11,14H2,(H,30,34)(H,35,36). The Kier molecular flexibility index (Phi) is 9.53. The van der Waals surface area contributed by atoms with Gasteiger partial charge in [-0.3, -0.25) is 29.9 Å². The molecule has 1 aliphatic heterocycles. The van der Waals surface area contributed by atoms with E-state index in [0.717, 1.165) is 36.8 Å². The van der Waals surface area contributed by atoms with Gasteiger partial charge in [0.05, 0.1) is 21.8 Å². The number of amides is 1. The van der Waals surface area contributed by atoms with E-state index in [4.69, 9.17) is 23.2 Å². The first-order chi connectivity index (χ1) is 18.7. The van der Waals surface area contributed by atoms with E-state index < -0.39 is 39.4 Å². The number of benzene rings is 2. The van der Waals surface area contributed by atoms with E-state index in [1.54, 1.807) is 24.4 Å². The molecular weight excluding hydrogens is 569 g/mol. The number of nitrogens with one attached hydrogen (secondary N) is 4. The minimum Gasteiger partial charge on any atom is -0.480 e. The van der Waals surface area contributed by atoms with E-state index in [1.165, 1.54) is 18.2 Å². The molecule has 15 heteroatoms. The van der Waals surface area contributed by atoms with Crippen molar-refractivity contribution < 1.29 is 23.1 Å². The van der Waals surface area contributed by atoms with Crippen LogP contribution >= 0.6 is 23.2 Å². The number of carbonyl (C=O) groups is 2. The Labute approximate surface area is 234 Å². The molecule has 2 heterocycles. The molecule has 2 aromatic carbocycles. The normalized spacial score (nSPS) is 16.3. The molecule has 1 aromatic heterocycles. The third kappa shape index (κ3) is 7.32. The average Bonchev–Trinajstić information content (AvgIpc) is 3.31. The number of hydrogen-bond acceptors (Lipinski definition) is 8. The summed E-state index contributed by atoms with van der Waals surface area (Å²) in [5.41, 5.74) is 1.11. The molecule has 0 aliphatic carbocycles. The highest BCUT2D eigenvalue weighted by Crippen LogP contribution is 2.29. The number of carbonyl (C=O) groups excluding carboxylic acids is 1. The summed E-state index contributed by atoms with van der Waals surface area (Å²) in [6.45, 7) is 1.78. The van der Waals surface area contributed by atoms with Crippen molar-refractivity contribution in [1.82, 2.24) is 30.5 Å². The van der Waals surface area contributed by atoms with Gasteiger partial charge in [-0.05, 0) is 43.2 Å². The Balaban J connectivity index is 1.35. The van der Waals surface area contributed by atoms with E-state index in [2.05, 4.69) is 26.0 Å². The molecule has 2 atom stereocenters. The molecule has 0 bridgehead atoms. The number of rotatable bonds is 12. The van der Waals surface area contributed by atoms with Gasteiger partial charge < -0.3 is 10.4 Å². The fourth-order valence-corrected chi connectivity index (χ4v) is 6.31. The molecular formula is C24H27Cl2N7O5S. The number of aliphatic imine (C=N–C) groups is 1. The highest BCUT2D eigenvalue weighted by Gasteiger charge is 2.29. The molecule has 1 amide bonds. The van der Waals surface area contributed by atoms with Crippen LogP contribution in [0.5, 0.6) is 0 Å². The number of aliphatic carboxylic acids is 1. The maximum absolute atomic E-state index is 12.8. The second kappa shape index (κ2) is 12.9. The van der Waals surface area contributed by atoms with Crippen LogP contribution in [0.1, 0.15) is 23.2 Å². The SMILES string of the molecule is O=C(NCC(NS(=O)(=O)c1c(Cl)cccc1Cl)C(=O)O)c1ccc2c(cnn2CCCNC2N=CCCN2)c1. The molecule has 5 N–H and O–H groups in total. The topological polar surface area (TPSA) is 167 Å². The molecule has 2 unspecified atom stereocenters. The number of hydrogen-bond donors (Lipinski definition) is 5. The molecule has 0 saturated carbocycles. The summed E-state index contributed by atoms with van der Waals surface area (Å²) < 4.78 is 29.4. The Hall–Kier alpha value is -3.07. The molecule has 39 heavy (non-hydrogen) atoms. The summed E-state index contributed by atoms with van der Waals surface area (Å²) in [7, 11) is -4.39. The molecule has 0 radical (unpaired) electrons. The van der Waals surface area contributed by atoms with Gasteiger partial charge in [-0.2, -0.15) is 9.82 Å². The maximum Gasteiger partial charge on any atom is 0.323 e. The number of sulfonamides is 1. The highest BCUT2D eigenvalue weighted by atomic mass is 35.5. The van der Waals surface area contributed by atoms with Crippen LogP contribution in [0, 0.1) is 0 Å². The van der Waals surface area contributed by atoms with Gasteiger partial charge in [-0.1, -0.05) is 29.3 Å². The van der Waals surface area contributed by atoms with Gasteiger partial charge >= 0.3 is 5.97 Å². The van der Waals surface area contributed by atoms with Crippen LogP contribution in [0.15, 0.2) is 52.5 Å². The minimum absolute atomic E-state index is 0.0702. The first kappa shape index (κ1) is 28.9. The molecule has 0 saturated heterocycles. The largest absolute Gasteiger partial charge is 0.480 e. The zero-order valence-corrected chi connectivity index (χ0v) is 22.9. The summed E-state index contributed by atoms with van der Waals surface area (Å²) in [6.07, 6.45) is 5.22. The third-order valence-corrected chi connectivity index (χ3v) is 8.33. The number of aryl methyl sites for hydroxylation is 1. The monoisotopic (exact) mass is 595 g/mol. The van der Waals surface area contributed by atoms with Crippen molar-refractivity contribution in [3.05, 3.63) is 58.2 Å². The van der Waals surface area contributed by atoms with Gasteiger partial charge in [0.1, 0.15) is 10.9 Å². The lowest BCUT2D eigenvalue weighted by Gasteiger charge is -2.18. The van der Waals surface area contributed by atoms with E-state index in [0.29, 0.717) is 6.54 Å². The Morgan fingerprint density at radius 3 is 2.67 bits per heavy atom. The summed E-state index contributed by atoms with van der Waals surface area (Å²) in [4.78, 5) is 28.4. The van der Waals surface area contributed by atoms with Crippen LogP contribution in [-0.2, 0) is 21.4 Å². The van der Waals surface area contributed by atoms with Gasteiger partial charge in [0.2, 0.25) is 10.0 Å². The van der Waals surface area contributed by atoms with Crippen molar-refractivity contribution >= 4 is 62.2 Å². The molecule has 12 nitrogen and oxygen atoms in total. The predicted octanol–water partition coefficient (Wildman–Crippen LogP) is 1.83. The van der Waals surface area contributed by atoms with E-state index in [1.807, 2.05) is 15.6 Å². The smallest absolute Gasteiger partial charge is 0.323 e. The maximum atomic E-state index is 12.8. The van der Waals surface area contributed by atoms with Crippen molar-refractivity contribution in [3.8, 4) is 0 Å². The Morgan fingerprint density at radius 1 is 1.21 bits per heavy atom. The van der Waals surface area contributed by atoms with E-state index in [-0.39, 0.29) is 21.9 Å². The summed E-state index contributed by atoms with van der Waals surface area (Å²) in [5, 5.41) is 23.4. The summed E-state index contributed by atoms with van der Waals surface area (Å²) in [5.74, 6) is -2.06. The molecule has 1 aliphatic rings. The average molecular weight is 596 g/mol. The quantitative estimate of drug-likeness (QED) is 0.198. The van der Waals surface area contributed by atoms with Crippen LogP contribution in [0.2, 0.25) is 10.0 Å². The van der Waals surface area contributed by atoms with Crippen molar-refractivity contribution in [2.45, 2.75) is 36.6 Å². The van der Waals surface area contributed by atoms with Gasteiger partial charge in [-0.25, -0.2) is 8.42 Å². The van der Waals surface area contributed by atoms with Gasteiger partial charge in [0.25, 0.3) is 5.91 Å². The van der Waals surface area contributed by atoms with Crippen LogP contribution < -0.4 is 20.7 Å². The van der Waals surface area contributed by atoms with Crippen molar-refractivity contribution in [1.29, 1.82) is 0 Å². The van der Waals surface area contributed by atoms with Gasteiger partial charge in [0.15, 0.2) is 6.29 Å². The molecule has 0 fully saturated rings. The summed E-state index contributed by atoms with van der Waals surface area (Å²) >= 11 is 11.9. The number of carboxylic acid groups (broad SMARTS) is 1. The van der Waals surface area contributed by atoms with Crippen molar-refractivity contribution in [3.63, 3.8) is 0 Å². The molecule has 208 valence electrons. The van der Waals surface area contributed by atoms with Crippen LogP contribution in [0.25, 0.3) is 10.9 Å². The van der Waals surface area contributed by atoms with Gasteiger partial charge in [-0.15, -0.1) is 0 Å². The lowest BCUT2D eigenvalue weighted by molar-refractivity contribution is -0.138. The predicted molar refractivity (Wildman–Crippen MR) is 148 cm³/mol. The molecule has 3 aromatic rings. The number of fused-ring (bicyclic) bond motifs is 1. The van der Waals surface area contributed by atoms with Crippen LogP contribution in [0.3, 0.4) is 0 Å².